The molecule has 2 heterocycles. The van der Waals surface area contributed by atoms with Crippen molar-refractivity contribution in [3.05, 3.63) is 28.8 Å². The van der Waals surface area contributed by atoms with Gasteiger partial charge in [-0.25, -0.2) is 0 Å². The summed E-state index contributed by atoms with van der Waals surface area (Å²) in [4.78, 5) is 27.1. The molecule has 1 aromatic rings. The van der Waals surface area contributed by atoms with Crippen molar-refractivity contribution in [1.82, 2.24) is 4.90 Å². The van der Waals surface area contributed by atoms with Crippen LogP contribution < -0.4 is 4.74 Å². The molecule has 0 N–H and O–H groups in total. The fraction of sp³-hybridized carbons (Fsp3) is 0.600. The number of alkyl halides is 1. The highest BCUT2D eigenvalue weighted by Gasteiger charge is 2.45. The van der Waals surface area contributed by atoms with Gasteiger partial charge < -0.3 is 9.64 Å². The maximum Gasteiger partial charge on any atom is 0.229 e. The smallest absolute Gasteiger partial charge is 0.229 e. The largest absolute Gasteiger partial charge is 0.486 e. The van der Waals surface area contributed by atoms with Gasteiger partial charge in [0.2, 0.25) is 5.91 Å². The van der Waals surface area contributed by atoms with E-state index in [1.165, 1.54) is 0 Å². The van der Waals surface area contributed by atoms with Gasteiger partial charge in [-0.05, 0) is 44.9 Å². The molecule has 1 spiro atoms. The average molecular weight is 364 g/mol. The Morgan fingerprint density at radius 2 is 1.92 bits per heavy atom. The summed E-state index contributed by atoms with van der Waals surface area (Å²) >= 11 is 5.94. The number of carbonyl (C=O) groups is 2. The van der Waals surface area contributed by atoms with Crippen LogP contribution in [0.15, 0.2) is 12.1 Å². The molecule has 1 saturated heterocycles. The predicted octanol–water partition coefficient (Wildman–Crippen LogP) is 3.89. The third-order valence-electron chi connectivity index (χ3n) is 5.65. The Kier molecular flexibility index (Phi) is 4.61. The van der Waals surface area contributed by atoms with E-state index >= 15 is 0 Å². The number of benzene rings is 1. The van der Waals surface area contributed by atoms with Crippen molar-refractivity contribution in [3.63, 3.8) is 0 Å². The number of likely N-dealkylation sites (tertiary alicyclic amines) is 1. The number of Topliss-reactive ketones (excluding diaryl/α,β-unsaturated/α-hetero) is 1. The molecular weight excluding hydrogens is 338 g/mol. The molecule has 0 unspecified atom stereocenters. The van der Waals surface area contributed by atoms with Gasteiger partial charge in [0.25, 0.3) is 0 Å². The molecule has 0 aliphatic carbocycles. The molecule has 4 nitrogen and oxygen atoms in total. The van der Waals surface area contributed by atoms with Gasteiger partial charge in [0.1, 0.15) is 11.4 Å². The molecule has 136 valence electrons. The first-order valence-corrected chi connectivity index (χ1v) is 9.40. The Labute approximate surface area is 154 Å². The Hall–Kier alpha value is -1.55. The number of carbonyl (C=O) groups excluding carboxylic acids is 2. The van der Waals surface area contributed by atoms with Gasteiger partial charge in [-0.15, -0.1) is 11.6 Å². The van der Waals surface area contributed by atoms with Crippen LogP contribution in [0, 0.1) is 19.3 Å². The number of rotatable bonds is 2. The van der Waals surface area contributed by atoms with E-state index in [-0.39, 0.29) is 11.7 Å². The van der Waals surface area contributed by atoms with E-state index in [2.05, 4.69) is 0 Å². The number of hydrogen-bond donors (Lipinski definition) is 0. The number of hydrogen-bond acceptors (Lipinski definition) is 3. The zero-order valence-corrected chi connectivity index (χ0v) is 16.2. The quantitative estimate of drug-likeness (QED) is 0.749. The Morgan fingerprint density at radius 3 is 2.52 bits per heavy atom. The lowest BCUT2D eigenvalue weighted by atomic mass is 9.81. The third kappa shape index (κ3) is 3.17. The van der Waals surface area contributed by atoms with Crippen LogP contribution in [0.1, 0.15) is 54.6 Å². The molecule has 1 amide bonds. The number of piperidine rings is 1. The molecule has 3 rings (SSSR count). The molecule has 25 heavy (non-hydrogen) atoms. The van der Waals surface area contributed by atoms with Gasteiger partial charge in [0, 0.05) is 31.8 Å². The molecule has 0 atom stereocenters. The van der Waals surface area contributed by atoms with Crippen LogP contribution in [0.3, 0.4) is 0 Å². The van der Waals surface area contributed by atoms with Gasteiger partial charge in [0.05, 0.1) is 17.4 Å². The summed E-state index contributed by atoms with van der Waals surface area (Å²) in [6.45, 7) is 8.98. The van der Waals surface area contributed by atoms with Crippen molar-refractivity contribution < 1.29 is 14.3 Å². The molecule has 2 aliphatic rings. The minimum atomic E-state index is -0.560. The first-order chi connectivity index (χ1) is 11.7. The normalized spacial score (nSPS) is 19.6. The average Bonchev–Trinajstić information content (AvgIpc) is 2.58. The highest BCUT2D eigenvalue weighted by molar-refractivity contribution is 6.19. The van der Waals surface area contributed by atoms with Crippen LogP contribution in [-0.2, 0) is 4.79 Å². The number of aryl methyl sites for hydroxylation is 1. The lowest BCUT2D eigenvalue weighted by molar-refractivity contribution is -0.142. The van der Waals surface area contributed by atoms with Crippen LogP contribution in [0.25, 0.3) is 0 Å². The van der Waals surface area contributed by atoms with Crippen molar-refractivity contribution in [3.8, 4) is 5.75 Å². The van der Waals surface area contributed by atoms with Crippen LogP contribution in [0.2, 0.25) is 0 Å². The molecule has 0 saturated carbocycles. The SMILES string of the molecule is Cc1ccc2c(c1C)OC1(CCN(C(=O)C(C)(C)CCl)CC1)CC2=O. The first kappa shape index (κ1) is 18.2. The Bertz CT molecular complexity index is 718. The van der Waals surface area contributed by atoms with E-state index in [9.17, 15) is 9.59 Å². The molecule has 1 aromatic carbocycles. The molecule has 2 aliphatic heterocycles. The van der Waals surface area contributed by atoms with Gasteiger partial charge in [-0.2, -0.15) is 0 Å². The minimum Gasteiger partial charge on any atom is -0.486 e. The summed E-state index contributed by atoms with van der Waals surface area (Å²) in [6.07, 6.45) is 1.74. The zero-order chi connectivity index (χ0) is 18.4. The molecule has 0 bridgehead atoms. The van der Waals surface area contributed by atoms with Gasteiger partial charge >= 0.3 is 0 Å². The zero-order valence-electron chi connectivity index (χ0n) is 15.4. The lowest BCUT2D eigenvalue weighted by Gasteiger charge is -2.45. The summed E-state index contributed by atoms with van der Waals surface area (Å²) in [5.74, 6) is 1.25. The summed E-state index contributed by atoms with van der Waals surface area (Å²) in [5, 5.41) is 0. The topological polar surface area (TPSA) is 46.6 Å². The summed E-state index contributed by atoms with van der Waals surface area (Å²) in [5.41, 5.74) is 1.81. The second kappa shape index (κ2) is 6.31. The number of ether oxygens (including phenoxy) is 1. The molecule has 1 fully saturated rings. The fourth-order valence-electron chi connectivity index (χ4n) is 3.66. The number of amides is 1. The second-order valence-corrected chi connectivity index (χ2v) is 8.35. The second-order valence-electron chi connectivity index (χ2n) is 8.08. The maximum absolute atomic E-state index is 12.7. The minimum absolute atomic E-state index is 0.0758. The Morgan fingerprint density at radius 1 is 1.28 bits per heavy atom. The van der Waals surface area contributed by atoms with Crippen molar-refractivity contribution in [2.45, 2.75) is 52.6 Å². The van der Waals surface area contributed by atoms with Crippen LogP contribution in [-0.4, -0.2) is 41.2 Å². The summed E-state index contributed by atoms with van der Waals surface area (Å²) in [7, 11) is 0. The Balaban J connectivity index is 1.79. The van der Waals surface area contributed by atoms with Crippen LogP contribution >= 0.6 is 11.6 Å². The highest BCUT2D eigenvalue weighted by Crippen LogP contribution is 2.42. The van der Waals surface area contributed by atoms with Crippen molar-refractivity contribution in [1.29, 1.82) is 0 Å². The van der Waals surface area contributed by atoms with E-state index in [1.54, 1.807) is 0 Å². The van der Waals surface area contributed by atoms with E-state index in [1.807, 2.05) is 44.7 Å². The van der Waals surface area contributed by atoms with Crippen LogP contribution in [0.4, 0.5) is 0 Å². The van der Waals surface area contributed by atoms with E-state index < -0.39 is 11.0 Å². The molecule has 5 heteroatoms. The van der Waals surface area contributed by atoms with Gasteiger partial charge in [0.15, 0.2) is 5.78 Å². The number of fused-ring (bicyclic) bond motifs is 1. The monoisotopic (exact) mass is 363 g/mol. The van der Waals surface area contributed by atoms with Crippen molar-refractivity contribution >= 4 is 23.3 Å². The van der Waals surface area contributed by atoms with Crippen molar-refractivity contribution in [2.75, 3.05) is 19.0 Å². The first-order valence-electron chi connectivity index (χ1n) is 8.87. The van der Waals surface area contributed by atoms with Gasteiger partial charge in [-0.3, -0.25) is 9.59 Å². The number of nitrogens with zero attached hydrogens (tertiary/aromatic N) is 1. The highest BCUT2D eigenvalue weighted by atomic mass is 35.5. The fourth-order valence-corrected chi connectivity index (χ4v) is 3.78. The molecular formula is C20H26ClNO3. The predicted molar refractivity (Wildman–Crippen MR) is 98.5 cm³/mol. The lowest BCUT2D eigenvalue weighted by Crippen LogP contribution is -2.54. The standard InChI is InChI=1S/C20H26ClNO3/c1-13-5-6-15-16(23)11-20(25-17(15)14(13)2)7-9-22(10-8-20)18(24)19(3,4)12-21/h5-6H,7-12H2,1-4H3. The third-order valence-corrected chi connectivity index (χ3v) is 6.32. The maximum atomic E-state index is 12.7. The van der Waals surface area contributed by atoms with E-state index in [0.29, 0.717) is 43.8 Å². The van der Waals surface area contributed by atoms with Crippen molar-refractivity contribution in [2.24, 2.45) is 5.41 Å². The molecule has 0 aromatic heterocycles. The van der Waals surface area contributed by atoms with E-state index in [4.69, 9.17) is 16.3 Å². The summed E-state index contributed by atoms with van der Waals surface area (Å²) < 4.78 is 6.40. The number of halogens is 1. The molecule has 0 radical (unpaired) electrons. The summed E-state index contributed by atoms with van der Waals surface area (Å²) in [6, 6.07) is 3.84. The van der Waals surface area contributed by atoms with E-state index in [0.717, 1.165) is 16.9 Å². The number of ketones is 1. The van der Waals surface area contributed by atoms with Gasteiger partial charge in [-0.1, -0.05) is 6.07 Å². The van der Waals surface area contributed by atoms with Crippen LogP contribution in [0.5, 0.6) is 5.75 Å².